The van der Waals surface area contributed by atoms with Gasteiger partial charge in [0.15, 0.2) is 5.78 Å². The largest absolute Gasteiger partial charge is 0.484 e. The molecule has 0 bridgehead atoms. The van der Waals surface area contributed by atoms with Gasteiger partial charge in [-0.15, -0.1) is 0 Å². The van der Waals surface area contributed by atoms with Crippen LogP contribution < -0.4 is 4.74 Å². The number of nitrogens with zero attached hydrogens (tertiary/aromatic N) is 2. The highest BCUT2D eigenvalue weighted by molar-refractivity contribution is 5.98. The van der Waals surface area contributed by atoms with Crippen LogP contribution in [0.5, 0.6) is 5.75 Å². The molecule has 1 saturated heterocycles. The van der Waals surface area contributed by atoms with E-state index in [-0.39, 0.29) is 12.2 Å². The molecule has 6 heteroatoms. The molecule has 0 radical (unpaired) electrons. The predicted octanol–water partition coefficient (Wildman–Crippen LogP) is 1.56. The molecule has 2 aliphatic rings. The highest BCUT2D eigenvalue weighted by atomic mass is 16.5. The summed E-state index contributed by atoms with van der Waals surface area (Å²) in [6.45, 7) is 0.802. The minimum absolute atomic E-state index is 0.0226. The van der Waals surface area contributed by atoms with Crippen LogP contribution in [0.15, 0.2) is 18.3 Å². The number of Topliss-reactive ketones (excluding diaryl/α,β-unsaturated/α-hetero) is 1. The first kappa shape index (κ1) is 12.0. The molecule has 3 rings (SSSR count). The molecule has 3 heterocycles. The average molecular weight is 262 g/mol. The van der Waals surface area contributed by atoms with Gasteiger partial charge in [-0.2, -0.15) is 0 Å². The van der Waals surface area contributed by atoms with E-state index in [4.69, 9.17) is 9.84 Å². The minimum atomic E-state index is -0.918. The van der Waals surface area contributed by atoms with E-state index in [1.807, 2.05) is 0 Å². The normalized spacial score (nSPS) is 20.8. The SMILES string of the molecule is O=C1CC2(CCN(C(=O)O)CC2)Oc2cccnc21. The molecule has 2 aliphatic heterocycles. The van der Waals surface area contributed by atoms with Crippen molar-refractivity contribution in [2.75, 3.05) is 13.1 Å². The number of carbonyl (C=O) groups excluding carboxylic acids is 1. The summed E-state index contributed by atoms with van der Waals surface area (Å²) in [6.07, 6.45) is 2.02. The number of likely N-dealkylation sites (tertiary alicyclic amines) is 1. The monoisotopic (exact) mass is 262 g/mol. The second-order valence-electron chi connectivity index (χ2n) is 5.00. The van der Waals surface area contributed by atoms with E-state index in [0.717, 1.165) is 0 Å². The molecule has 1 fully saturated rings. The van der Waals surface area contributed by atoms with Crippen molar-refractivity contribution in [1.29, 1.82) is 0 Å². The Bertz CT molecular complexity index is 535. The van der Waals surface area contributed by atoms with Crippen molar-refractivity contribution in [1.82, 2.24) is 9.88 Å². The molecule has 0 saturated carbocycles. The third-order valence-corrected chi connectivity index (χ3v) is 3.79. The van der Waals surface area contributed by atoms with Gasteiger partial charge in [0.2, 0.25) is 0 Å². The van der Waals surface area contributed by atoms with Crippen LogP contribution in [0.4, 0.5) is 4.79 Å². The lowest BCUT2D eigenvalue weighted by Crippen LogP contribution is -2.52. The number of hydrogen-bond acceptors (Lipinski definition) is 4. The first-order valence-electron chi connectivity index (χ1n) is 6.25. The molecule has 1 aromatic heterocycles. The van der Waals surface area contributed by atoms with Crippen LogP contribution in [0.25, 0.3) is 0 Å². The maximum absolute atomic E-state index is 12.1. The number of piperidine rings is 1. The molecule has 100 valence electrons. The van der Waals surface area contributed by atoms with Gasteiger partial charge in [0.05, 0.1) is 6.42 Å². The van der Waals surface area contributed by atoms with E-state index in [9.17, 15) is 9.59 Å². The third-order valence-electron chi connectivity index (χ3n) is 3.79. The summed E-state index contributed by atoms with van der Waals surface area (Å²) in [6, 6.07) is 3.47. The molecule has 0 atom stereocenters. The van der Waals surface area contributed by atoms with Gasteiger partial charge < -0.3 is 14.7 Å². The first-order valence-corrected chi connectivity index (χ1v) is 6.25. The zero-order valence-electron chi connectivity index (χ0n) is 10.3. The Labute approximate surface area is 110 Å². The predicted molar refractivity (Wildman–Crippen MR) is 65.4 cm³/mol. The number of carbonyl (C=O) groups is 2. The highest BCUT2D eigenvalue weighted by Crippen LogP contribution is 2.38. The van der Waals surface area contributed by atoms with Crippen LogP contribution in [-0.4, -0.2) is 45.6 Å². The number of hydrogen-bond donors (Lipinski definition) is 1. The van der Waals surface area contributed by atoms with Crippen molar-refractivity contribution >= 4 is 11.9 Å². The van der Waals surface area contributed by atoms with Gasteiger partial charge in [0.1, 0.15) is 17.0 Å². The van der Waals surface area contributed by atoms with Crippen molar-refractivity contribution in [2.24, 2.45) is 0 Å². The second kappa shape index (κ2) is 4.22. The number of rotatable bonds is 0. The van der Waals surface area contributed by atoms with E-state index >= 15 is 0 Å². The van der Waals surface area contributed by atoms with Crippen LogP contribution in [0.2, 0.25) is 0 Å². The van der Waals surface area contributed by atoms with Gasteiger partial charge in [-0.25, -0.2) is 9.78 Å². The van der Waals surface area contributed by atoms with Crippen molar-refractivity contribution < 1.29 is 19.4 Å². The number of carboxylic acid groups (broad SMARTS) is 1. The summed E-state index contributed by atoms with van der Waals surface area (Å²) in [5.74, 6) is 0.494. The van der Waals surface area contributed by atoms with Crippen molar-refractivity contribution in [3.8, 4) is 5.75 Å². The van der Waals surface area contributed by atoms with Crippen LogP contribution in [0.3, 0.4) is 0 Å². The van der Waals surface area contributed by atoms with Gasteiger partial charge in [0, 0.05) is 32.1 Å². The van der Waals surface area contributed by atoms with Crippen LogP contribution in [-0.2, 0) is 0 Å². The van der Waals surface area contributed by atoms with Crippen molar-refractivity contribution in [3.63, 3.8) is 0 Å². The summed E-state index contributed by atoms with van der Waals surface area (Å²) in [7, 11) is 0. The highest BCUT2D eigenvalue weighted by Gasteiger charge is 2.44. The maximum atomic E-state index is 12.1. The third kappa shape index (κ3) is 2.03. The number of pyridine rings is 1. The van der Waals surface area contributed by atoms with E-state index in [0.29, 0.717) is 37.4 Å². The van der Waals surface area contributed by atoms with E-state index in [2.05, 4.69) is 4.98 Å². The molecule has 0 aromatic carbocycles. The fraction of sp³-hybridized carbons (Fsp3) is 0.462. The molecule has 1 aromatic rings. The Kier molecular flexibility index (Phi) is 2.66. The lowest BCUT2D eigenvalue weighted by atomic mass is 9.83. The summed E-state index contributed by atoms with van der Waals surface area (Å²) in [5.41, 5.74) is -0.173. The summed E-state index contributed by atoms with van der Waals surface area (Å²) in [4.78, 5) is 28.4. The molecular weight excluding hydrogens is 248 g/mol. The van der Waals surface area contributed by atoms with Crippen molar-refractivity contribution in [2.45, 2.75) is 24.9 Å². The topological polar surface area (TPSA) is 79.7 Å². The van der Waals surface area contributed by atoms with Gasteiger partial charge in [-0.05, 0) is 12.1 Å². The Balaban J connectivity index is 1.82. The fourth-order valence-corrected chi connectivity index (χ4v) is 2.71. The van der Waals surface area contributed by atoms with Crippen LogP contribution in [0.1, 0.15) is 29.8 Å². The fourth-order valence-electron chi connectivity index (χ4n) is 2.71. The van der Waals surface area contributed by atoms with E-state index < -0.39 is 11.7 Å². The van der Waals surface area contributed by atoms with E-state index in [1.54, 1.807) is 18.3 Å². The molecule has 19 heavy (non-hydrogen) atoms. The maximum Gasteiger partial charge on any atom is 0.407 e. The molecule has 1 amide bonds. The smallest absolute Gasteiger partial charge is 0.407 e. The van der Waals surface area contributed by atoms with Crippen LogP contribution >= 0.6 is 0 Å². The Morgan fingerprint density at radius 2 is 2.16 bits per heavy atom. The lowest BCUT2D eigenvalue weighted by molar-refractivity contribution is -0.00589. The number of amides is 1. The minimum Gasteiger partial charge on any atom is -0.484 e. The average Bonchev–Trinajstić information content (AvgIpc) is 2.39. The van der Waals surface area contributed by atoms with Crippen molar-refractivity contribution in [3.05, 3.63) is 24.0 Å². The number of aromatic nitrogens is 1. The van der Waals surface area contributed by atoms with Crippen LogP contribution in [0, 0.1) is 0 Å². The number of fused-ring (bicyclic) bond motifs is 1. The summed E-state index contributed by atoms with van der Waals surface area (Å²) >= 11 is 0. The standard InChI is InChI=1S/C13H14N2O4/c16-9-8-13(3-6-15(7-4-13)12(17)18)19-10-2-1-5-14-11(9)10/h1-2,5H,3-4,6-8H2,(H,17,18). The van der Waals surface area contributed by atoms with Gasteiger partial charge in [0.25, 0.3) is 0 Å². The number of ketones is 1. The Morgan fingerprint density at radius 1 is 1.42 bits per heavy atom. The molecule has 1 N–H and O–H groups in total. The molecule has 1 spiro atoms. The first-order chi connectivity index (χ1) is 9.10. The lowest BCUT2D eigenvalue weighted by Gasteiger charge is -2.42. The zero-order valence-corrected chi connectivity index (χ0v) is 10.3. The summed E-state index contributed by atoms with van der Waals surface area (Å²) in [5, 5.41) is 8.94. The van der Waals surface area contributed by atoms with E-state index in [1.165, 1.54) is 4.90 Å². The summed E-state index contributed by atoms with van der Waals surface area (Å²) < 4.78 is 5.96. The molecule has 0 unspecified atom stereocenters. The second-order valence-corrected chi connectivity index (χ2v) is 5.00. The van der Waals surface area contributed by atoms with Gasteiger partial charge in [-0.3, -0.25) is 4.79 Å². The quantitative estimate of drug-likeness (QED) is 0.767. The Morgan fingerprint density at radius 3 is 2.84 bits per heavy atom. The Hall–Kier alpha value is -2.11. The van der Waals surface area contributed by atoms with Gasteiger partial charge in [-0.1, -0.05) is 0 Å². The molecular formula is C13H14N2O4. The zero-order chi connectivity index (χ0) is 13.5. The van der Waals surface area contributed by atoms with Gasteiger partial charge >= 0.3 is 6.09 Å². The molecule has 6 nitrogen and oxygen atoms in total. The molecule has 0 aliphatic carbocycles. The number of ether oxygens (including phenoxy) is 1.